The summed E-state index contributed by atoms with van der Waals surface area (Å²) < 4.78 is 12.1. The average Bonchev–Trinajstić information content (AvgIpc) is 2.69. The Hall–Kier alpha value is -2.99. The van der Waals surface area contributed by atoms with Crippen LogP contribution in [0.2, 0.25) is 5.02 Å². The van der Waals surface area contributed by atoms with Crippen LogP contribution in [0.1, 0.15) is 0 Å². The maximum atomic E-state index is 12.4. The van der Waals surface area contributed by atoms with Gasteiger partial charge in [-0.25, -0.2) is 0 Å². The number of methoxy groups -OCH3 is 1. The molecule has 0 bridgehead atoms. The Kier molecular flexibility index (Phi) is 5.76. The van der Waals surface area contributed by atoms with E-state index < -0.39 is 0 Å². The number of benzene rings is 2. The predicted octanol–water partition coefficient (Wildman–Crippen LogP) is 3.39. The molecule has 6 nitrogen and oxygen atoms in total. The molecule has 26 heavy (non-hydrogen) atoms. The molecule has 0 aliphatic rings. The van der Waals surface area contributed by atoms with E-state index in [1.807, 2.05) is 36.4 Å². The second-order valence-electron chi connectivity index (χ2n) is 5.38. The van der Waals surface area contributed by atoms with Crippen LogP contribution in [0.4, 0.5) is 5.69 Å². The molecule has 1 heterocycles. The average molecular weight is 372 g/mol. The van der Waals surface area contributed by atoms with Crippen molar-refractivity contribution in [2.45, 2.75) is 0 Å². The summed E-state index contributed by atoms with van der Waals surface area (Å²) in [7, 11) is 1.60. The number of halogens is 1. The van der Waals surface area contributed by atoms with E-state index in [0.29, 0.717) is 30.3 Å². The largest absolute Gasteiger partial charge is 0.497 e. The van der Waals surface area contributed by atoms with Gasteiger partial charge in [-0.05, 0) is 24.3 Å². The minimum Gasteiger partial charge on any atom is -0.497 e. The molecule has 0 atom stereocenters. The summed E-state index contributed by atoms with van der Waals surface area (Å²) in [6.07, 6.45) is 1.53. The fourth-order valence-electron chi connectivity index (χ4n) is 2.35. The van der Waals surface area contributed by atoms with E-state index in [4.69, 9.17) is 21.1 Å². The number of aromatic nitrogens is 2. The number of nitrogens with zero attached hydrogens (tertiary/aromatic N) is 2. The van der Waals surface area contributed by atoms with Gasteiger partial charge in [0, 0.05) is 12.6 Å². The Bertz CT molecular complexity index is 929. The van der Waals surface area contributed by atoms with Crippen molar-refractivity contribution in [3.8, 4) is 17.2 Å². The van der Waals surface area contributed by atoms with E-state index >= 15 is 0 Å². The fourth-order valence-corrected chi connectivity index (χ4v) is 2.55. The van der Waals surface area contributed by atoms with Gasteiger partial charge in [0.1, 0.15) is 23.1 Å². The molecule has 0 saturated carbocycles. The lowest BCUT2D eigenvalue weighted by Crippen LogP contribution is -2.23. The van der Waals surface area contributed by atoms with Crippen LogP contribution in [0.15, 0.2) is 65.6 Å². The van der Waals surface area contributed by atoms with Crippen molar-refractivity contribution in [3.05, 3.63) is 76.2 Å². The molecule has 3 aromatic rings. The van der Waals surface area contributed by atoms with Gasteiger partial charge < -0.3 is 14.8 Å². The molecule has 0 unspecified atom stereocenters. The van der Waals surface area contributed by atoms with Crippen molar-refractivity contribution in [3.63, 3.8) is 0 Å². The molecule has 134 valence electrons. The van der Waals surface area contributed by atoms with E-state index in [0.717, 1.165) is 5.75 Å². The number of hydrogen-bond donors (Lipinski definition) is 1. The summed E-state index contributed by atoms with van der Waals surface area (Å²) in [6, 6.07) is 16.5. The van der Waals surface area contributed by atoms with Crippen molar-refractivity contribution < 1.29 is 9.47 Å². The third-order valence-corrected chi connectivity index (χ3v) is 4.01. The summed E-state index contributed by atoms with van der Waals surface area (Å²) >= 11 is 6.19. The molecule has 0 saturated heterocycles. The van der Waals surface area contributed by atoms with Crippen molar-refractivity contribution in [2.75, 3.05) is 25.6 Å². The van der Waals surface area contributed by atoms with Crippen LogP contribution in [-0.4, -0.2) is 30.0 Å². The highest BCUT2D eigenvalue weighted by Gasteiger charge is 2.10. The van der Waals surface area contributed by atoms with Crippen molar-refractivity contribution in [1.29, 1.82) is 0 Å². The SMILES string of the molecule is COc1cccc(OCCNc2cnn(-c3ccccc3)c(=O)c2Cl)c1. The van der Waals surface area contributed by atoms with Gasteiger partial charge in [0.15, 0.2) is 0 Å². The maximum absolute atomic E-state index is 12.4. The predicted molar refractivity (Wildman–Crippen MR) is 102 cm³/mol. The van der Waals surface area contributed by atoms with Crippen molar-refractivity contribution in [2.24, 2.45) is 0 Å². The minimum absolute atomic E-state index is 0.0882. The van der Waals surface area contributed by atoms with Crippen LogP contribution in [-0.2, 0) is 0 Å². The van der Waals surface area contributed by atoms with Crippen molar-refractivity contribution in [1.82, 2.24) is 9.78 Å². The highest BCUT2D eigenvalue weighted by Crippen LogP contribution is 2.19. The summed E-state index contributed by atoms with van der Waals surface area (Å²) in [5.74, 6) is 1.43. The first-order valence-electron chi connectivity index (χ1n) is 8.03. The van der Waals surface area contributed by atoms with E-state index in [-0.39, 0.29) is 10.6 Å². The van der Waals surface area contributed by atoms with Crippen LogP contribution in [0.5, 0.6) is 11.5 Å². The molecule has 0 radical (unpaired) electrons. The number of hydrogen-bond acceptors (Lipinski definition) is 5. The number of para-hydroxylation sites is 1. The van der Waals surface area contributed by atoms with Gasteiger partial charge in [0.25, 0.3) is 5.56 Å². The Morgan fingerprint density at radius 2 is 1.88 bits per heavy atom. The second-order valence-corrected chi connectivity index (χ2v) is 5.76. The molecule has 2 aromatic carbocycles. The van der Waals surface area contributed by atoms with Crippen molar-refractivity contribution >= 4 is 17.3 Å². The fraction of sp³-hybridized carbons (Fsp3) is 0.158. The van der Waals surface area contributed by atoms with Gasteiger partial charge in [-0.1, -0.05) is 35.9 Å². The summed E-state index contributed by atoms with van der Waals surface area (Å²) in [6.45, 7) is 0.860. The molecule has 0 amide bonds. The molecule has 0 aliphatic carbocycles. The zero-order valence-electron chi connectivity index (χ0n) is 14.2. The summed E-state index contributed by atoms with van der Waals surface area (Å²) in [5, 5.41) is 7.32. The van der Waals surface area contributed by atoms with Gasteiger partial charge in [0.05, 0.1) is 24.7 Å². The molecule has 0 spiro atoms. The van der Waals surface area contributed by atoms with Crippen LogP contribution >= 0.6 is 11.6 Å². The molecular weight excluding hydrogens is 354 g/mol. The zero-order valence-corrected chi connectivity index (χ0v) is 14.9. The van der Waals surface area contributed by atoms with E-state index in [1.54, 1.807) is 25.3 Å². The number of ether oxygens (including phenoxy) is 2. The first kappa shape index (κ1) is 17.8. The van der Waals surface area contributed by atoms with Gasteiger partial charge >= 0.3 is 0 Å². The topological polar surface area (TPSA) is 65.4 Å². The van der Waals surface area contributed by atoms with Crippen LogP contribution in [0, 0.1) is 0 Å². The normalized spacial score (nSPS) is 10.4. The first-order valence-corrected chi connectivity index (χ1v) is 8.41. The molecule has 1 N–H and O–H groups in total. The minimum atomic E-state index is -0.378. The molecule has 7 heteroatoms. The van der Waals surface area contributed by atoms with Crippen LogP contribution in [0.25, 0.3) is 5.69 Å². The molecule has 3 rings (SSSR count). The highest BCUT2D eigenvalue weighted by molar-refractivity contribution is 6.32. The lowest BCUT2D eigenvalue weighted by molar-refractivity contribution is 0.329. The molecular formula is C19H18ClN3O3. The number of anilines is 1. The van der Waals surface area contributed by atoms with Gasteiger partial charge in [0.2, 0.25) is 0 Å². The monoisotopic (exact) mass is 371 g/mol. The standard InChI is InChI=1S/C19H18ClN3O3/c1-25-15-8-5-9-16(12-15)26-11-10-21-17-13-22-23(19(24)18(17)20)14-6-3-2-4-7-14/h2-9,12-13,21H,10-11H2,1H3. The third kappa shape index (κ3) is 4.15. The Labute approximate surface area is 155 Å². The smallest absolute Gasteiger partial charge is 0.292 e. The van der Waals surface area contributed by atoms with Crippen LogP contribution in [0.3, 0.4) is 0 Å². The highest BCUT2D eigenvalue weighted by atomic mass is 35.5. The Morgan fingerprint density at radius 3 is 2.65 bits per heavy atom. The number of nitrogens with one attached hydrogen (secondary N) is 1. The number of rotatable bonds is 7. The summed E-state index contributed by atoms with van der Waals surface area (Å²) in [4.78, 5) is 12.4. The van der Waals surface area contributed by atoms with E-state index in [2.05, 4.69) is 10.4 Å². The quantitative estimate of drug-likeness (QED) is 0.645. The summed E-state index contributed by atoms with van der Waals surface area (Å²) in [5.41, 5.74) is 0.752. The van der Waals surface area contributed by atoms with E-state index in [1.165, 1.54) is 10.9 Å². The first-order chi connectivity index (χ1) is 12.7. The van der Waals surface area contributed by atoms with E-state index in [9.17, 15) is 4.79 Å². The zero-order chi connectivity index (χ0) is 18.4. The molecule has 0 aliphatic heterocycles. The Morgan fingerprint density at radius 1 is 1.12 bits per heavy atom. The van der Waals surface area contributed by atoms with Gasteiger partial charge in [-0.15, -0.1) is 0 Å². The second kappa shape index (κ2) is 8.40. The maximum Gasteiger partial charge on any atom is 0.292 e. The van der Waals surface area contributed by atoms with Crippen LogP contribution < -0.4 is 20.3 Å². The van der Waals surface area contributed by atoms with Gasteiger partial charge in [-0.3, -0.25) is 4.79 Å². The lowest BCUT2D eigenvalue weighted by atomic mass is 10.3. The van der Waals surface area contributed by atoms with Gasteiger partial charge in [-0.2, -0.15) is 9.78 Å². The molecule has 1 aromatic heterocycles. The Balaban J connectivity index is 1.62. The molecule has 0 fully saturated rings. The lowest BCUT2D eigenvalue weighted by Gasteiger charge is -2.11. The third-order valence-electron chi connectivity index (χ3n) is 3.65.